The second-order valence-corrected chi connectivity index (χ2v) is 6.35. The molecule has 1 amide bonds. The van der Waals surface area contributed by atoms with Crippen LogP contribution in [0.5, 0.6) is 5.75 Å². The number of carbonyl (C=O) groups excluding carboxylic acids is 1. The maximum absolute atomic E-state index is 12.1. The summed E-state index contributed by atoms with van der Waals surface area (Å²) in [6.45, 7) is 3.88. The molecule has 0 spiro atoms. The van der Waals surface area contributed by atoms with Crippen LogP contribution >= 0.6 is 11.3 Å². The zero-order valence-electron chi connectivity index (χ0n) is 13.1. The van der Waals surface area contributed by atoms with Crippen molar-refractivity contribution < 1.29 is 9.53 Å². The van der Waals surface area contributed by atoms with Crippen molar-refractivity contribution >= 4 is 28.1 Å². The van der Waals surface area contributed by atoms with Gasteiger partial charge in [0.15, 0.2) is 6.61 Å². The molecule has 1 N–H and O–H groups in total. The van der Waals surface area contributed by atoms with Crippen LogP contribution in [0.2, 0.25) is 0 Å². The zero-order chi connectivity index (χ0) is 16.2. The van der Waals surface area contributed by atoms with Gasteiger partial charge in [0.2, 0.25) is 0 Å². The Morgan fingerprint density at radius 2 is 2.13 bits per heavy atom. The van der Waals surface area contributed by atoms with Gasteiger partial charge in [0.1, 0.15) is 11.3 Å². The van der Waals surface area contributed by atoms with E-state index in [9.17, 15) is 4.79 Å². The van der Waals surface area contributed by atoms with Gasteiger partial charge in [-0.25, -0.2) is 4.98 Å². The fraction of sp³-hybridized carbons (Fsp3) is 0.222. The number of pyridine rings is 1. The third-order valence-corrected chi connectivity index (χ3v) is 4.58. The minimum absolute atomic E-state index is 0.0148. The minimum Gasteiger partial charge on any atom is -0.481 e. The first-order chi connectivity index (χ1) is 11.1. The van der Waals surface area contributed by atoms with Crippen molar-refractivity contribution in [2.45, 2.75) is 19.9 Å². The van der Waals surface area contributed by atoms with Gasteiger partial charge >= 0.3 is 0 Å². The lowest BCUT2D eigenvalue weighted by Crippen LogP contribution is -2.30. The normalized spacial score (nSPS) is 12.1. The summed E-state index contributed by atoms with van der Waals surface area (Å²) in [4.78, 5) is 17.7. The number of carbonyl (C=O) groups is 1. The average Bonchev–Trinajstić information content (AvgIpc) is 3.07. The van der Waals surface area contributed by atoms with E-state index in [1.807, 2.05) is 61.7 Å². The van der Waals surface area contributed by atoms with Gasteiger partial charge < -0.3 is 10.1 Å². The Bertz CT molecular complexity index is 815. The highest BCUT2D eigenvalue weighted by Gasteiger charge is 2.12. The molecule has 0 bridgehead atoms. The fourth-order valence-electron chi connectivity index (χ4n) is 2.37. The number of ether oxygens (including phenoxy) is 1. The van der Waals surface area contributed by atoms with Crippen molar-refractivity contribution in [2.75, 3.05) is 6.61 Å². The largest absolute Gasteiger partial charge is 0.481 e. The second kappa shape index (κ2) is 6.79. The van der Waals surface area contributed by atoms with E-state index in [0.717, 1.165) is 21.5 Å². The van der Waals surface area contributed by atoms with E-state index < -0.39 is 0 Å². The van der Waals surface area contributed by atoms with Crippen LogP contribution in [0.1, 0.15) is 23.5 Å². The Balaban J connectivity index is 1.66. The molecule has 1 atom stereocenters. The molecule has 0 saturated carbocycles. The molecule has 2 heterocycles. The quantitative estimate of drug-likeness (QED) is 0.774. The van der Waals surface area contributed by atoms with Crippen LogP contribution in [0.25, 0.3) is 10.9 Å². The molecule has 0 fully saturated rings. The summed E-state index contributed by atoms with van der Waals surface area (Å²) in [6.07, 6.45) is 0. The average molecular weight is 326 g/mol. The molecular formula is C18H18N2O2S. The van der Waals surface area contributed by atoms with Crippen molar-refractivity contribution in [1.29, 1.82) is 0 Å². The topological polar surface area (TPSA) is 51.2 Å². The molecule has 3 aromatic rings. The number of hydrogen-bond acceptors (Lipinski definition) is 4. The Morgan fingerprint density at radius 1 is 1.26 bits per heavy atom. The number of nitrogens with one attached hydrogen (secondary N) is 1. The Morgan fingerprint density at radius 3 is 2.91 bits per heavy atom. The number of hydrogen-bond donors (Lipinski definition) is 1. The van der Waals surface area contributed by atoms with Crippen molar-refractivity contribution in [2.24, 2.45) is 0 Å². The number of benzene rings is 1. The highest BCUT2D eigenvalue weighted by Crippen LogP contribution is 2.24. The number of aromatic nitrogens is 1. The van der Waals surface area contributed by atoms with E-state index in [0.29, 0.717) is 5.75 Å². The van der Waals surface area contributed by atoms with E-state index in [1.165, 1.54) is 0 Å². The van der Waals surface area contributed by atoms with Crippen LogP contribution in [-0.2, 0) is 4.79 Å². The Hall–Kier alpha value is -2.40. The second-order valence-electron chi connectivity index (χ2n) is 5.37. The van der Waals surface area contributed by atoms with E-state index in [1.54, 1.807) is 11.3 Å². The van der Waals surface area contributed by atoms with Crippen LogP contribution in [0.15, 0.2) is 47.8 Å². The predicted molar refractivity (Wildman–Crippen MR) is 92.9 cm³/mol. The number of thiophene rings is 1. The van der Waals surface area contributed by atoms with Crippen molar-refractivity contribution in [3.8, 4) is 5.75 Å². The lowest BCUT2D eigenvalue weighted by atomic mass is 10.2. The summed E-state index contributed by atoms with van der Waals surface area (Å²) in [6, 6.07) is 13.7. The molecule has 118 valence electrons. The smallest absolute Gasteiger partial charge is 0.258 e. The van der Waals surface area contributed by atoms with Gasteiger partial charge in [-0.1, -0.05) is 24.3 Å². The molecule has 2 aromatic heterocycles. The number of para-hydroxylation sites is 1. The summed E-state index contributed by atoms with van der Waals surface area (Å²) in [7, 11) is 0. The standard InChI is InChI=1S/C18H18N2O2S/c1-12-8-9-14-5-3-6-15(18(14)19-12)22-11-17(21)20-13(2)16-7-4-10-23-16/h3-10,13H,11H2,1-2H3,(H,20,21). The van der Waals surface area contributed by atoms with Crippen LogP contribution in [0.4, 0.5) is 0 Å². The first-order valence-corrected chi connectivity index (χ1v) is 8.33. The SMILES string of the molecule is Cc1ccc2cccc(OCC(=O)NC(C)c3cccs3)c2n1. The molecule has 3 rings (SSSR count). The van der Waals surface area contributed by atoms with Crippen molar-refractivity contribution in [3.05, 3.63) is 58.4 Å². The zero-order valence-corrected chi connectivity index (χ0v) is 13.9. The summed E-state index contributed by atoms with van der Waals surface area (Å²) in [5.41, 5.74) is 1.70. The van der Waals surface area contributed by atoms with Gasteiger partial charge in [-0.3, -0.25) is 4.79 Å². The highest BCUT2D eigenvalue weighted by molar-refractivity contribution is 7.10. The lowest BCUT2D eigenvalue weighted by molar-refractivity contribution is -0.123. The molecule has 23 heavy (non-hydrogen) atoms. The number of amides is 1. The Labute approximate surface area is 139 Å². The van der Waals surface area contributed by atoms with Gasteiger partial charge in [0.05, 0.1) is 6.04 Å². The van der Waals surface area contributed by atoms with E-state index in [2.05, 4.69) is 10.3 Å². The minimum atomic E-state index is -0.143. The summed E-state index contributed by atoms with van der Waals surface area (Å²) >= 11 is 1.63. The molecule has 0 aliphatic heterocycles. The third kappa shape index (κ3) is 3.68. The maximum Gasteiger partial charge on any atom is 0.258 e. The van der Waals surface area contributed by atoms with Crippen LogP contribution in [0, 0.1) is 6.92 Å². The monoisotopic (exact) mass is 326 g/mol. The Kier molecular flexibility index (Phi) is 4.57. The van der Waals surface area contributed by atoms with E-state index in [-0.39, 0.29) is 18.6 Å². The molecule has 0 saturated heterocycles. The molecule has 4 nitrogen and oxygen atoms in total. The van der Waals surface area contributed by atoms with Gasteiger partial charge in [0, 0.05) is 16.0 Å². The van der Waals surface area contributed by atoms with E-state index in [4.69, 9.17) is 4.74 Å². The molecule has 1 aromatic carbocycles. The first-order valence-electron chi connectivity index (χ1n) is 7.45. The first kappa shape index (κ1) is 15.5. The van der Waals surface area contributed by atoms with E-state index >= 15 is 0 Å². The number of fused-ring (bicyclic) bond motifs is 1. The molecular weight excluding hydrogens is 308 g/mol. The summed E-state index contributed by atoms with van der Waals surface area (Å²) in [5, 5.41) is 5.94. The highest BCUT2D eigenvalue weighted by atomic mass is 32.1. The maximum atomic E-state index is 12.1. The van der Waals surface area contributed by atoms with Gasteiger partial charge in [0.25, 0.3) is 5.91 Å². The van der Waals surface area contributed by atoms with Crippen molar-refractivity contribution in [3.63, 3.8) is 0 Å². The van der Waals surface area contributed by atoms with Gasteiger partial charge in [-0.15, -0.1) is 11.3 Å². The third-order valence-electron chi connectivity index (χ3n) is 3.53. The molecule has 0 radical (unpaired) electrons. The van der Waals surface area contributed by atoms with Crippen LogP contribution in [0.3, 0.4) is 0 Å². The lowest BCUT2D eigenvalue weighted by Gasteiger charge is -2.13. The summed E-state index contributed by atoms with van der Waals surface area (Å²) < 4.78 is 5.68. The number of nitrogens with zero attached hydrogens (tertiary/aromatic N) is 1. The molecule has 5 heteroatoms. The predicted octanol–water partition coefficient (Wildman–Crippen LogP) is 3.86. The van der Waals surface area contributed by atoms with Gasteiger partial charge in [-0.2, -0.15) is 0 Å². The molecule has 0 aliphatic rings. The van der Waals surface area contributed by atoms with Crippen LogP contribution < -0.4 is 10.1 Å². The summed E-state index contributed by atoms with van der Waals surface area (Å²) in [5.74, 6) is 0.487. The number of rotatable bonds is 5. The molecule has 1 unspecified atom stereocenters. The van der Waals surface area contributed by atoms with Gasteiger partial charge in [-0.05, 0) is 37.4 Å². The fourth-order valence-corrected chi connectivity index (χ4v) is 3.10. The van der Waals surface area contributed by atoms with Crippen molar-refractivity contribution in [1.82, 2.24) is 10.3 Å². The molecule has 0 aliphatic carbocycles. The van der Waals surface area contributed by atoms with Crippen LogP contribution in [-0.4, -0.2) is 17.5 Å². The number of aryl methyl sites for hydroxylation is 1.